The van der Waals surface area contributed by atoms with Gasteiger partial charge in [-0.1, -0.05) is 0 Å². The molecule has 0 aliphatic carbocycles. The van der Waals surface area contributed by atoms with E-state index >= 15 is 0 Å². The standard InChI is InChI=1S/C24H21F6N7O3/c1-40-10-13(35-18-9-34-36-22(38)19(18)24(28,29)30)3-2-4-37-11-33-17-6-14(16(25)5-15(17)23(37)39)21-31-7-12(8-32-21)20(26)27/h5-9,11,13,20H,2-4,10H2,1H3,(H2,35,36,38)/t13-/m1/s1/i1D3. The summed E-state index contributed by atoms with van der Waals surface area (Å²) in [5.41, 5.74) is -4.99. The van der Waals surface area contributed by atoms with Gasteiger partial charge in [0, 0.05) is 32.0 Å². The number of anilines is 1. The molecular formula is C24H21F6N7O3. The molecular weight excluding hydrogens is 548 g/mol. The molecule has 1 atom stereocenters. The van der Waals surface area contributed by atoms with Gasteiger partial charge in [0.2, 0.25) is 0 Å². The highest BCUT2D eigenvalue weighted by Gasteiger charge is 2.37. The zero-order valence-corrected chi connectivity index (χ0v) is 20.2. The van der Waals surface area contributed by atoms with Gasteiger partial charge in [0.05, 0.1) is 51.0 Å². The summed E-state index contributed by atoms with van der Waals surface area (Å²) in [6, 6.07) is 1.02. The van der Waals surface area contributed by atoms with Crippen molar-refractivity contribution in [2.45, 2.75) is 38.0 Å². The van der Waals surface area contributed by atoms with Crippen LogP contribution in [-0.4, -0.2) is 49.4 Å². The average Bonchev–Trinajstić information content (AvgIpc) is 2.92. The third-order valence-electron chi connectivity index (χ3n) is 5.81. The highest BCUT2D eigenvalue weighted by molar-refractivity contribution is 5.82. The lowest BCUT2D eigenvalue weighted by molar-refractivity contribution is -0.138. The predicted octanol–water partition coefficient (Wildman–Crippen LogP) is 3.94. The molecule has 40 heavy (non-hydrogen) atoms. The van der Waals surface area contributed by atoms with Gasteiger partial charge in [0.1, 0.15) is 11.4 Å². The Kier molecular flexibility index (Phi) is 7.29. The lowest BCUT2D eigenvalue weighted by Gasteiger charge is -2.21. The number of hydrogen-bond donors (Lipinski definition) is 2. The van der Waals surface area contributed by atoms with Crippen LogP contribution >= 0.6 is 0 Å². The zero-order chi connectivity index (χ0) is 31.5. The van der Waals surface area contributed by atoms with Gasteiger partial charge in [-0.25, -0.2) is 33.2 Å². The minimum atomic E-state index is -5.05. The summed E-state index contributed by atoms with van der Waals surface area (Å²) in [5, 5.41) is 7.38. The first-order chi connectivity index (χ1) is 20.1. The molecule has 0 aliphatic rings. The third kappa shape index (κ3) is 6.27. The quantitative estimate of drug-likeness (QED) is 0.274. The van der Waals surface area contributed by atoms with Crippen molar-refractivity contribution in [1.29, 1.82) is 0 Å². The van der Waals surface area contributed by atoms with Gasteiger partial charge in [-0.05, 0) is 25.0 Å². The van der Waals surface area contributed by atoms with Gasteiger partial charge < -0.3 is 10.1 Å². The third-order valence-corrected chi connectivity index (χ3v) is 5.81. The second kappa shape index (κ2) is 11.8. The molecule has 0 saturated carbocycles. The van der Waals surface area contributed by atoms with E-state index in [9.17, 15) is 35.9 Å². The molecule has 0 spiro atoms. The van der Waals surface area contributed by atoms with Gasteiger partial charge in [0.15, 0.2) is 5.82 Å². The van der Waals surface area contributed by atoms with Crippen LogP contribution in [0.3, 0.4) is 0 Å². The van der Waals surface area contributed by atoms with Crippen LogP contribution < -0.4 is 16.4 Å². The monoisotopic (exact) mass is 572 g/mol. The summed E-state index contributed by atoms with van der Waals surface area (Å²) in [4.78, 5) is 36.4. The normalized spacial score (nSPS) is 14.1. The van der Waals surface area contributed by atoms with Crippen LogP contribution in [0, 0.1) is 5.82 Å². The number of H-pyrrole nitrogens is 1. The number of nitrogens with one attached hydrogen (secondary N) is 2. The van der Waals surface area contributed by atoms with E-state index < -0.39 is 66.0 Å². The highest BCUT2D eigenvalue weighted by atomic mass is 19.4. The number of ether oxygens (including phenoxy) is 1. The number of aromatic amines is 1. The Labute approximate surface area is 225 Å². The van der Waals surface area contributed by atoms with Crippen molar-refractivity contribution in [2.75, 3.05) is 19.0 Å². The van der Waals surface area contributed by atoms with E-state index in [1.807, 2.05) is 0 Å². The molecule has 4 aromatic rings. The number of rotatable bonds is 10. The fraction of sp³-hybridized carbons (Fsp3) is 0.333. The summed E-state index contributed by atoms with van der Waals surface area (Å²) in [6.45, 7) is -0.644. The number of benzene rings is 1. The molecule has 0 aliphatic heterocycles. The Balaban J connectivity index is 1.53. The van der Waals surface area contributed by atoms with Gasteiger partial charge in [-0.15, -0.1) is 0 Å². The first kappa shape index (κ1) is 24.7. The maximum Gasteiger partial charge on any atom is 0.423 e. The van der Waals surface area contributed by atoms with Gasteiger partial charge in [-0.3, -0.25) is 14.2 Å². The predicted molar refractivity (Wildman–Crippen MR) is 130 cm³/mol. The first-order valence-corrected chi connectivity index (χ1v) is 11.5. The Morgan fingerprint density at radius 2 is 1.90 bits per heavy atom. The molecule has 1 aromatic carbocycles. The number of aryl methyl sites for hydroxylation is 1. The number of nitrogens with zero attached hydrogens (tertiary/aromatic N) is 5. The minimum Gasteiger partial charge on any atom is -0.383 e. The van der Waals surface area contributed by atoms with Gasteiger partial charge >= 0.3 is 6.18 Å². The molecule has 4 rings (SSSR count). The van der Waals surface area contributed by atoms with Crippen LogP contribution in [0.15, 0.2) is 46.6 Å². The number of hydrogen-bond acceptors (Lipinski definition) is 8. The van der Waals surface area contributed by atoms with Crippen molar-refractivity contribution in [3.8, 4) is 11.4 Å². The van der Waals surface area contributed by atoms with Crippen molar-refractivity contribution >= 4 is 16.6 Å². The molecule has 0 saturated heterocycles. The number of methoxy groups -OCH3 is 1. The maximum atomic E-state index is 14.9. The van der Waals surface area contributed by atoms with E-state index in [1.54, 1.807) is 5.10 Å². The van der Waals surface area contributed by atoms with E-state index in [1.165, 1.54) is 6.07 Å². The Morgan fingerprint density at radius 3 is 2.58 bits per heavy atom. The molecule has 0 fully saturated rings. The maximum absolute atomic E-state index is 14.9. The molecule has 0 radical (unpaired) electrons. The molecule has 2 N–H and O–H groups in total. The Hall–Kier alpha value is -4.34. The van der Waals surface area contributed by atoms with Gasteiger partial charge in [0.25, 0.3) is 17.5 Å². The van der Waals surface area contributed by atoms with Crippen molar-refractivity contribution in [3.63, 3.8) is 0 Å². The average molecular weight is 572 g/mol. The number of halogens is 6. The molecule has 3 aromatic heterocycles. The van der Waals surface area contributed by atoms with Crippen molar-refractivity contribution in [3.05, 3.63) is 74.7 Å². The fourth-order valence-electron chi connectivity index (χ4n) is 3.91. The second-order valence-electron chi connectivity index (χ2n) is 8.51. The largest absolute Gasteiger partial charge is 0.423 e. The van der Waals surface area contributed by atoms with Crippen LogP contribution in [-0.2, 0) is 17.5 Å². The fourth-order valence-corrected chi connectivity index (χ4v) is 3.91. The SMILES string of the molecule is [2H]C([2H])([2H])OC[C@@H](CCCn1cnc2cc(-c3ncc(C(F)F)cn3)c(F)cc2c1=O)Nc1cn[nH]c(=O)c1C(F)(F)F. The van der Waals surface area contributed by atoms with Crippen molar-refractivity contribution in [1.82, 2.24) is 29.7 Å². The second-order valence-corrected chi connectivity index (χ2v) is 8.51. The van der Waals surface area contributed by atoms with Crippen molar-refractivity contribution in [2.24, 2.45) is 0 Å². The van der Waals surface area contributed by atoms with E-state index in [0.717, 1.165) is 35.6 Å². The number of fused-ring (bicyclic) bond motifs is 1. The van der Waals surface area contributed by atoms with E-state index in [0.29, 0.717) is 0 Å². The summed E-state index contributed by atoms with van der Waals surface area (Å²) in [7, 11) is -2.86. The van der Waals surface area contributed by atoms with Gasteiger partial charge in [-0.2, -0.15) is 18.3 Å². The molecule has 3 heterocycles. The molecule has 0 unspecified atom stereocenters. The van der Waals surface area contributed by atoms with Crippen molar-refractivity contribution < 1.29 is 35.2 Å². The van der Waals surface area contributed by atoms with Crippen LogP contribution in [0.5, 0.6) is 0 Å². The number of aromatic nitrogens is 6. The smallest absolute Gasteiger partial charge is 0.383 e. The molecule has 212 valence electrons. The minimum absolute atomic E-state index is 0.0378. The molecule has 10 nitrogen and oxygen atoms in total. The summed E-state index contributed by atoms with van der Waals surface area (Å²) in [6.07, 6.45) is -4.24. The van der Waals surface area contributed by atoms with E-state index in [4.69, 9.17) is 8.85 Å². The lowest BCUT2D eigenvalue weighted by atomic mass is 10.1. The van der Waals surface area contributed by atoms with Crippen LogP contribution in [0.4, 0.5) is 32.0 Å². The topological polar surface area (TPSA) is 128 Å². The van der Waals surface area contributed by atoms with Crippen LogP contribution in [0.2, 0.25) is 0 Å². The van der Waals surface area contributed by atoms with Crippen LogP contribution in [0.25, 0.3) is 22.3 Å². The summed E-state index contributed by atoms with van der Waals surface area (Å²) in [5.74, 6) is -1.11. The van der Waals surface area contributed by atoms with E-state index in [2.05, 4.69) is 25.4 Å². The Bertz CT molecular complexity index is 1710. The highest BCUT2D eigenvalue weighted by Crippen LogP contribution is 2.32. The number of alkyl halides is 5. The molecule has 0 amide bonds. The zero-order valence-electron chi connectivity index (χ0n) is 23.2. The first-order valence-electron chi connectivity index (χ1n) is 13.0. The molecule has 0 bridgehead atoms. The lowest BCUT2D eigenvalue weighted by Crippen LogP contribution is -2.31. The summed E-state index contributed by atoms with van der Waals surface area (Å²) >= 11 is 0. The summed E-state index contributed by atoms with van der Waals surface area (Å²) < 4.78 is 108. The molecule has 16 heteroatoms. The van der Waals surface area contributed by atoms with E-state index in [-0.39, 0.29) is 41.7 Å². The Morgan fingerprint density at radius 1 is 1.15 bits per heavy atom. The van der Waals surface area contributed by atoms with Crippen LogP contribution in [0.1, 0.15) is 34.5 Å².